The summed E-state index contributed by atoms with van der Waals surface area (Å²) in [6.07, 6.45) is 1.65. The van der Waals surface area contributed by atoms with E-state index in [4.69, 9.17) is 11.6 Å². The summed E-state index contributed by atoms with van der Waals surface area (Å²) in [5, 5.41) is 12.7. The van der Waals surface area contributed by atoms with Crippen molar-refractivity contribution in [1.29, 1.82) is 0 Å². The van der Waals surface area contributed by atoms with E-state index in [2.05, 4.69) is 10.0 Å². The topological polar surface area (TPSA) is 95.5 Å². The van der Waals surface area contributed by atoms with Crippen molar-refractivity contribution in [2.45, 2.75) is 30.7 Å². The van der Waals surface area contributed by atoms with E-state index in [9.17, 15) is 18.3 Å². The number of phenolic OH excluding ortho intramolecular Hbond substituents is 1. The van der Waals surface area contributed by atoms with Gasteiger partial charge in [-0.1, -0.05) is 17.7 Å². The van der Waals surface area contributed by atoms with E-state index in [0.717, 1.165) is 12.8 Å². The summed E-state index contributed by atoms with van der Waals surface area (Å²) < 4.78 is 27.2. The number of sulfonamides is 1. The second-order valence-corrected chi connectivity index (χ2v) is 8.14. The largest absolute Gasteiger partial charge is 0.506 e. The van der Waals surface area contributed by atoms with Gasteiger partial charge >= 0.3 is 0 Å². The molecule has 6 nitrogen and oxygen atoms in total. The van der Waals surface area contributed by atoms with E-state index in [1.807, 2.05) is 0 Å². The van der Waals surface area contributed by atoms with Gasteiger partial charge in [0, 0.05) is 16.6 Å². The van der Waals surface area contributed by atoms with Gasteiger partial charge in [0.15, 0.2) is 0 Å². The first-order valence-electron chi connectivity index (χ1n) is 7.69. The number of aromatic hydroxyl groups is 1. The van der Waals surface area contributed by atoms with Crippen LogP contribution < -0.4 is 10.0 Å². The number of aryl methyl sites for hydroxylation is 1. The number of hydrogen-bond donors (Lipinski definition) is 3. The van der Waals surface area contributed by atoms with Gasteiger partial charge in [-0.05, 0) is 55.7 Å². The molecule has 1 amide bonds. The number of rotatable bonds is 5. The molecular weight excluding hydrogens is 364 g/mol. The highest BCUT2D eigenvalue weighted by Crippen LogP contribution is 2.28. The maximum Gasteiger partial charge on any atom is 0.256 e. The van der Waals surface area contributed by atoms with Crippen molar-refractivity contribution in [3.63, 3.8) is 0 Å². The van der Waals surface area contributed by atoms with Crippen LogP contribution in [-0.4, -0.2) is 25.5 Å². The number of benzene rings is 2. The van der Waals surface area contributed by atoms with Crippen molar-refractivity contribution in [3.8, 4) is 5.75 Å². The zero-order valence-corrected chi connectivity index (χ0v) is 15.0. The lowest BCUT2D eigenvalue weighted by Gasteiger charge is -2.12. The number of phenols is 1. The van der Waals surface area contributed by atoms with Crippen LogP contribution in [0, 0.1) is 6.92 Å². The average Bonchev–Trinajstić information content (AvgIpc) is 3.34. The summed E-state index contributed by atoms with van der Waals surface area (Å²) >= 11 is 5.87. The van der Waals surface area contributed by atoms with Crippen molar-refractivity contribution < 1.29 is 18.3 Å². The molecule has 0 heterocycles. The fraction of sp³-hybridized carbons (Fsp3) is 0.235. The molecule has 0 spiro atoms. The number of carbonyl (C=O) groups excluding carboxylic acids is 1. The van der Waals surface area contributed by atoms with Crippen LogP contribution >= 0.6 is 11.6 Å². The second-order valence-electron chi connectivity index (χ2n) is 5.99. The molecule has 1 fully saturated rings. The van der Waals surface area contributed by atoms with E-state index in [1.54, 1.807) is 13.0 Å². The summed E-state index contributed by atoms with van der Waals surface area (Å²) in [7, 11) is -3.66. The Kier molecular flexibility index (Phi) is 4.73. The monoisotopic (exact) mass is 380 g/mol. The lowest BCUT2D eigenvalue weighted by molar-refractivity contribution is 0.102. The van der Waals surface area contributed by atoms with E-state index >= 15 is 0 Å². The van der Waals surface area contributed by atoms with Gasteiger partial charge in [0.2, 0.25) is 10.0 Å². The van der Waals surface area contributed by atoms with E-state index in [0.29, 0.717) is 10.6 Å². The van der Waals surface area contributed by atoms with Gasteiger partial charge in [0.05, 0.1) is 10.6 Å². The molecule has 132 valence electrons. The molecule has 3 rings (SSSR count). The zero-order valence-electron chi connectivity index (χ0n) is 13.4. The molecule has 2 aromatic rings. The maximum absolute atomic E-state index is 12.5. The number of hydrogen-bond acceptors (Lipinski definition) is 4. The van der Waals surface area contributed by atoms with Gasteiger partial charge in [0.1, 0.15) is 5.75 Å². The Balaban J connectivity index is 1.89. The number of nitrogens with one attached hydrogen (secondary N) is 2. The predicted molar refractivity (Wildman–Crippen MR) is 95.6 cm³/mol. The van der Waals surface area contributed by atoms with Crippen molar-refractivity contribution >= 4 is 33.2 Å². The highest BCUT2D eigenvalue weighted by Gasteiger charge is 2.28. The van der Waals surface area contributed by atoms with E-state index in [1.165, 1.54) is 30.3 Å². The fourth-order valence-electron chi connectivity index (χ4n) is 2.30. The highest BCUT2D eigenvalue weighted by molar-refractivity contribution is 7.89. The van der Waals surface area contributed by atoms with Crippen LogP contribution in [0.5, 0.6) is 5.75 Å². The second kappa shape index (κ2) is 6.67. The minimum absolute atomic E-state index is 0.0213. The number of halogens is 1. The van der Waals surface area contributed by atoms with Crippen LogP contribution in [0.1, 0.15) is 28.8 Å². The molecule has 0 aromatic heterocycles. The Bertz CT molecular complexity index is 940. The van der Waals surface area contributed by atoms with Crippen molar-refractivity contribution in [1.82, 2.24) is 4.72 Å². The molecule has 1 saturated carbocycles. The molecule has 0 saturated heterocycles. The van der Waals surface area contributed by atoms with E-state index < -0.39 is 15.9 Å². The molecule has 2 aromatic carbocycles. The third-order valence-electron chi connectivity index (χ3n) is 3.87. The van der Waals surface area contributed by atoms with Crippen molar-refractivity contribution in [3.05, 3.63) is 52.5 Å². The van der Waals surface area contributed by atoms with Crippen LogP contribution in [0.4, 0.5) is 5.69 Å². The summed E-state index contributed by atoms with van der Waals surface area (Å²) in [6, 6.07) is 8.63. The summed E-state index contributed by atoms with van der Waals surface area (Å²) in [5.74, 6) is -0.659. The van der Waals surface area contributed by atoms with Crippen LogP contribution in [0.3, 0.4) is 0 Å². The summed E-state index contributed by atoms with van der Waals surface area (Å²) in [4.78, 5) is 12.6. The Morgan fingerprint density at radius 1 is 1.20 bits per heavy atom. The van der Waals surface area contributed by atoms with Gasteiger partial charge in [-0.25, -0.2) is 13.1 Å². The average molecular weight is 381 g/mol. The Morgan fingerprint density at radius 3 is 2.60 bits per heavy atom. The number of amides is 1. The first-order valence-corrected chi connectivity index (χ1v) is 9.55. The van der Waals surface area contributed by atoms with Crippen LogP contribution in [0.15, 0.2) is 41.3 Å². The first-order chi connectivity index (χ1) is 11.8. The van der Waals surface area contributed by atoms with Gasteiger partial charge < -0.3 is 10.4 Å². The molecule has 0 unspecified atom stereocenters. The maximum atomic E-state index is 12.5. The van der Waals surface area contributed by atoms with Gasteiger partial charge in [0.25, 0.3) is 5.91 Å². The van der Waals surface area contributed by atoms with Crippen LogP contribution in [0.25, 0.3) is 0 Å². The molecule has 1 aliphatic carbocycles. The molecule has 0 aliphatic heterocycles. The molecule has 0 radical (unpaired) electrons. The standard InChI is InChI=1S/C17H17ClN2O4S/c1-10-2-6-13(25(23,24)20-12-4-5-12)9-14(10)17(22)19-15-8-11(18)3-7-16(15)21/h2-3,6-9,12,20-21H,4-5H2,1H3,(H,19,22). The first kappa shape index (κ1) is 17.7. The molecule has 8 heteroatoms. The minimum Gasteiger partial charge on any atom is -0.506 e. The predicted octanol–water partition coefficient (Wildman–Crippen LogP) is 3.05. The molecule has 25 heavy (non-hydrogen) atoms. The molecule has 0 bridgehead atoms. The van der Waals surface area contributed by atoms with Gasteiger partial charge in [-0.15, -0.1) is 0 Å². The summed E-state index contributed by atoms with van der Waals surface area (Å²) in [6.45, 7) is 1.71. The number of carbonyl (C=O) groups is 1. The summed E-state index contributed by atoms with van der Waals surface area (Å²) in [5.41, 5.74) is 0.976. The third kappa shape index (κ3) is 4.12. The van der Waals surface area contributed by atoms with Gasteiger partial charge in [-0.2, -0.15) is 0 Å². The molecule has 1 aliphatic rings. The van der Waals surface area contributed by atoms with Crippen molar-refractivity contribution in [2.24, 2.45) is 0 Å². The quantitative estimate of drug-likeness (QED) is 0.694. The highest BCUT2D eigenvalue weighted by atomic mass is 35.5. The van der Waals surface area contributed by atoms with Crippen LogP contribution in [0.2, 0.25) is 5.02 Å². The van der Waals surface area contributed by atoms with Crippen molar-refractivity contribution in [2.75, 3.05) is 5.32 Å². The lowest BCUT2D eigenvalue weighted by Crippen LogP contribution is -2.26. The SMILES string of the molecule is Cc1ccc(S(=O)(=O)NC2CC2)cc1C(=O)Nc1cc(Cl)ccc1O. The Labute approximate surface area is 150 Å². The normalized spacial score (nSPS) is 14.3. The smallest absolute Gasteiger partial charge is 0.256 e. The Morgan fingerprint density at radius 2 is 1.92 bits per heavy atom. The fourth-order valence-corrected chi connectivity index (χ4v) is 3.80. The molecular formula is C17H17ClN2O4S. The minimum atomic E-state index is -3.66. The van der Waals surface area contributed by atoms with Crippen LogP contribution in [-0.2, 0) is 10.0 Å². The Hall–Kier alpha value is -2.09. The molecule has 0 atom stereocenters. The zero-order chi connectivity index (χ0) is 18.2. The van der Waals surface area contributed by atoms with Gasteiger partial charge in [-0.3, -0.25) is 4.79 Å². The third-order valence-corrected chi connectivity index (χ3v) is 5.62. The van der Waals surface area contributed by atoms with E-state index in [-0.39, 0.29) is 27.9 Å². The lowest BCUT2D eigenvalue weighted by atomic mass is 10.1. The number of anilines is 1. The molecule has 3 N–H and O–H groups in total.